The maximum absolute atomic E-state index is 5.33. The molecular formula is C68H72MoN4S8. The van der Waals surface area contributed by atoms with Crippen LogP contribution in [-0.2, 0) is 71.6 Å². The average Bonchev–Trinajstić information content (AvgIpc) is 3.40. The zero-order valence-corrected chi connectivity index (χ0v) is 57.9. The number of benzene rings is 8. The maximum atomic E-state index is 5.33. The summed E-state index contributed by atoms with van der Waals surface area (Å²) in [7, 11) is 0. The number of rotatable bonds is 8. The molecule has 0 saturated heterocycles. The van der Waals surface area contributed by atoms with Gasteiger partial charge in [0, 0.05) is 45.5 Å². The summed E-state index contributed by atoms with van der Waals surface area (Å²) in [6.07, 6.45) is 0. The quantitative estimate of drug-likeness (QED) is 0.0817. The summed E-state index contributed by atoms with van der Waals surface area (Å²) >= 11 is 42.6. The minimum absolute atomic E-state index is 0. The molecule has 0 radical (unpaired) electrons. The van der Waals surface area contributed by atoms with E-state index in [4.69, 9.17) is 99.4 Å². The third kappa shape index (κ3) is 16.6. The van der Waals surface area contributed by atoms with E-state index >= 15 is 0 Å². The van der Waals surface area contributed by atoms with Crippen molar-refractivity contribution in [2.45, 2.75) is 111 Å². The third-order valence-corrected chi connectivity index (χ3v) is 16.7. The van der Waals surface area contributed by atoms with Gasteiger partial charge in [0.1, 0.15) is 0 Å². The summed E-state index contributed by atoms with van der Waals surface area (Å²) in [5, 5.41) is 0. The zero-order valence-electron chi connectivity index (χ0n) is 49.3. The van der Waals surface area contributed by atoms with Gasteiger partial charge in [0.25, 0.3) is 0 Å². The standard InChI is InChI=1S/4C17H19NS2.Mo/c4*1-11-7-5-9-15(13(11)3)18(17(19)20)16-10-6-8-12(2)14(16)4;/h4*5-10H,1-4H3,(H,19,20);/q;;;;+4/p-4. The Morgan fingerprint density at radius 2 is 0.321 bits per heavy atom. The van der Waals surface area contributed by atoms with Gasteiger partial charge in [-0.25, -0.2) is 0 Å². The SMILES string of the molecule is Cc1cccc(N(C(=S)[S-])c2cccc(C)c2C)c1C.Cc1cccc(N(C(=S)[S-])c2cccc(C)c2C)c1C.Cc1cccc(N(C(=S)[S-])c2cccc(C)c2C)c1C.Cc1cccc(N(C(=S)[S-])c2cccc(C)c2C)c1C.[Mo+4]. The fourth-order valence-electron chi connectivity index (χ4n) is 9.13. The molecule has 0 fully saturated rings. The smallest absolute Gasteiger partial charge is 0.411 e. The molecule has 0 atom stereocenters. The molecule has 0 amide bonds. The van der Waals surface area contributed by atoms with E-state index in [-0.39, 0.29) is 21.1 Å². The van der Waals surface area contributed by atoms with Crippen molar-refractivity contribution in [3.05, 3.63) is 235 Å². The molecule has 0 aliphatic heterocycles. The Kier molecular flexibility index (Phi) is 26.2. The van der Waals surface area contributed by atoms with E-state index in [1.807, 2.05) is 68.1 Å². The first-order valence-corrected chi connectivity index (χ1v) is 29.5. The molecule has 0 aromatic heterocycles. The van der Waals surface area contributed by atoms with Gasteiger partial charge < -0.3 is 119 Å². The molecule has 13 heteroatoms. The van der Waals surface area contributed by atoms with Gasteiger partial charge in [0.05, 0.1) is 0 Å². The third-order valence-electron chi connectivity index (χ3n) is 15.3. The monoisotopic (exact) mass is 1300 g/mol. The van der Waals surface area contributed by atoms with Crippen LogP contribution < -0.4 is 19.6 Å². The Morgan fingerprint density at radius 3 is 0.407 bits per heavy atom. The molecule has 81 heavy (non-hydrogen) atoms. The van der Waals surface area contributed by atoms with Gasteiger partial charge in [0.2, 0.25) is 0 Å². The molecule has 0 aliphatic rings. The van der Waals surface area contributed by atoms with Crippen LogP contribution in [0.2, 0.25) is 0 Å². The summed E-state index contributed by atoms with van der Waals surface area (Å²) in [4.78, 5) is 7.98. The van der Waals surface area contributed by atoms with Crippen LogP contribution >= 0.6 is 48.9 Å². The van der Waals surface area contributed by atoms with E-state index in [1.54, 1.807) is 0 Å². The van der Waals surface area contributed by atoms with Crippen molar-refractivity contribution in [3.8, 4) is 0 Å². The molecule has 0 bridgehead atoms. The predicted molar refractivity (Wildman–Crippen MR) is 376 cm³/mol. The normalized spacial score (nSPS) is 10.3. The molecule has 0 unspecified atom stereocenters. The van der Waals surface area contributed by atoms with E-state index in [9.17, 15) is 0 Å². The average molecular weight is 1300 g/mol. The number of anilines is 8. The molecule has 4 nitrogen and oxygen atoms in total. The van der Waals surface area contributed by atoms with Gasteiger partial charge in [-0.15, -0.1) is 0 Å². The van der Waals surface area contributed by atoms with Gasteiger partial charge in [-0.2, -0.15) is 0 Å². The van der Waals surface area contributed by atoms with E-state index < -0.39 is 0 Å². The van der Waals surface area contributed by atoms with Crippen LogP contribution in [0.5, 0.6) is 0 Å². The van der Waals surface area contributed by atoms with Crippen LogP contribution in [0.1, 0.15) is 89.0 Å². The molecule has 8 aromatic carbocycles. The maximum Gasteiger partial charge on any atom is 4.00 e. The van der Waals surface area contributed by atoms with Crippen LogP contribution in [0.3, 0.4) is 0 Å². The Labute approximate surface area is 543 Å². The topological polar surface area (TPSA) is 13.0 Å². The Hall–Kier alpha value is -5.11. The van der Waals surface area contributed by atoms with Gasteiger partial charge in [-0.05, 0) is 248 Å². The molecule has 0 heterocycles. The molecule has 0 saturated carbocycles. The number of aryl methyl sites for hydroxylation is 8. The fourth-order valence-corrected chi connectivity index (χ4v) is 10.7. The van der Waals surface area contributed by atoms with Crippen molar-refractivity contribution in [3.63, 3.8) is 0 Å². The minimum Gasteiger partial charge on any atom is -0.411 e. The van der Waals surface area contributed by atoms with E-state index in [1.165, 1.54) is 89.0 Å². The van der Waals surface area contributed by atoms with Crippen LogP contribution in [0.25, 0.3) is 0 Å². The molecule has 0 N–H and O–H groups in total. The van der Waals surface area contributed by atoms with Crippen LogP contribution in [0.4, 0.5) is 45.5 Å². The van der Waals surface area contributed by atoms with Gasteiger partial charge in [0.15, 0.2) is 0 Å². The fraction of sp³-hybridized carbons (Fsp3) is 0.235. The summed E-state index contributed by atoms with van der Waals surface area (Å²) in [6, 6.07) is 49.8. The second-order valence-electron chi connectivity index (χ2n) is 20.2. The number of nitrogens with zero attached hydrogens (tertiary/aromatic N) is 4. The van der Waals surface area contributed by atoms with E-state index in [0.717, 1.165) is 45.5 Å². The summed E-state index contributed by atoms with van der Waals surface area (Å²) < 4.78 is 1.81. The number of hydrogen-bond acceptors (Lipinski definition) is 8. The molecule has 8 rings (SSSR count). The Bertz CT molecular complexity index is 2920. The first-order chi connectivity index (χ1) is 37.7. The summed E-state index contributed by atoms with van der Waals surface area (Å²) in [5.41, 5.74) is 28.1. The second-order valence-corrected chi connectivity index (χ2v) is 24.3. The Balaban J connectivity index is 0.000000231. The van der Waals surface area contributed by atoms with Crippen molar-refractivity contribution in [2.75, 3.05) is 19.6 Å². The molecular weight excluding hydrogens is 1230 g/mol. The zero-order chi connectivity index (χ0) is 59.4. The summed E-state index contributed by atoms with van der Waals surface area (Å²) in [5.74, 6) is 0. The van der Waals surface area contributed by atoms with Gasteiger partial charge >= 0.3 is 21.1 Å². The van der Waals surface area contributed by atoms with Crippen molar-refractivity contribution in [2.24, 2.45) is 0 Å². The first kappa shape index (κ1) is 68.4. The minimum atomic E-state index is 0. The van der Waals surface area contributed by atoms with Crippen LogP contribution in [0, 0.1) is 111 Å². The van der Waals surface area contributed by atoms with Crippen molar-refractivity contribution in [1.29, 1.82) is 0 Å². The number of hydrogen-bond donors (Lipinski definition) is 0. The first-order valence-electron chi connectivity index (χ1n) is 26.3. The number of thiocarbonyl (C=S) groups is 4. The molecule has 0 aliphatic carbocycles. The van der Waals surface area contributed by atoms with Crippen LogP contribution in [0.15, 0.2) is 146 Å². The molecule has 8 aromatic rings. The molecule has 418 valence electrons. The van der Waals surface area contributed by atoms with E-state index in [0.29, 0.717) is 17.3 Å². The Morgan fingerprint density at radius 1 is 0.222 bits per heavy atom. The van der Waals surface area contributed by atoms with Crippen LogP contribution in [-0.4, -0.2) is 17.3 Å². The second kappa shape index (κ2) is 31.0. The van der Waals surface area contributed by atoms with Crippen molar-refractivity contribution in [1.82, 2.24) is 0 Å². The van der Waals surface area contributed by atoms with Crippen molar-refractivity contribution < 1.29 is 21.1 Å². The largest absolute Gasteiger partial charge is 4.00 e. The van der Waals surface area contributed by atoms with Crippen molar-refractivity contribution >= 4 is 162 Å². The molecule has 0 spiro atoms. The van der Waals surface area contributed by atoms with Gasteiger partial charge in [-0.3, -0.25) is 0 Å². The van der Waals surface area contributed by atoms with Gasteiger partial charge in [-0.1, -0.05) is 114 Å². The predicted octanol–water partition coefficient (Wildman–Crippen LogP) is 19.6. The van der Waals surface area contributed by atoms with E-state index in [2.05, 4.69) is 208 Å². The summed E-state index contributed by atoms with van der Waals surface area (Å²) in [6.45, 7) is 33.7.